The molecule has 1 atom stereocenters. The van der Waals surface area contributed by atoms with E-state index in [0.29, 0.717) is 18.3 Å². The van der Waals surface area contributed by atoms with Gasteiger partial charge in [-0.1, -0.05) is 18.6 Å². The van der Waals surface area contributed by atoms with E-state index in [-0.39, 0.29) is 0 Å². The Hall–Kier alpha value is -0.760. The molecule has 0 bridgehead atoms. The molecule has 0 aromatic heterocycles. The Labute approximate surface area is 67.6 Å². The smallest absolute Gasteiger partial charge is 0.106 e. The Bertz CT molecular complexity index is 194. The summed E-state index contributed by atoms with van der Waals surface area (Å²) in [6, 6.07) is 0.427. The van der Waals surface area contributed by atoms with Crippen LogP contribution in [0.15, 0.2) is 23.5 Å². The molecule has 0 saturated heterocycles. The van der Waals surface area contributed by atoms with E-state index >= 15 is 0 Å². The topological polar surface area (TPSA) is 32.3 Å². The van der Waals surface area contributed by atoms with Gasteiger partial charge in [-0.05, 0) is 19.4 Å². The van der Waals surface area contributed by atoms with Gasteiger partial charge in [0.05, 0.1) is 6.54 Å². The Morgan fingerprint density at radius 2 is 2.36 bits per heavy atom. The predicted molar refractivity (Wildman–Crippen MR) is 46.6 cm³/mol. The maximum Gasteiger partial charge on any atom is 0.106 e. The van der Waals surface area contributed by atoms with E-state index in [1.54, 1.807) is 6.08 Å². The molecule has 0 saturated carbocycles. The van der Waals surface area contributed by atoms with E-state index in [1.165, 1.54) is 5.57 Å². The van der Waals surface area contributed by atoms with Crippen LogP contribution >= 0.6 is 0 Å². The fourth-order valence-electron chi connectivity index (χ4n) is 1.26. The van der Waals surface area contributed by atoms with Crippen LogP contribution in [0.2, 0.25) is 0 Å². The fraction of sp³-hybridized carbons (Fsp3) is 0.556. The molecule has 0 radical (unpaired) electrons. The zero-order valence-corrected chi connectivity index (χ0v) is 7.09. The van der Waals surface area contributed by atoms with Crippen LogP contribution in [-0.4, -0.2) is 17.7 Å². The molecule has 0 spiro atoms. The molecule has 0 amide bonds. The summed E-state index contributed by atoms with van der Waals surface area (Å²) in [6.45, 7) is 4.81. The van der Waals surface area contributed by atoms with Crippen LogP contribution in [0.4, 0.5) is 0 Å². The number of rotatable bonds is 1. The lowest BCUT2D eigenvalue weighted by Crippen LogP contribution is -2.29. The molecule has 0 aromatic carbocycles. The highest BCUT2D eigenvalue weighted by atomic mass is 16.3. The highest BCUT2D eigenvalue weighted by Gasteiger charge is 2.09. The van der Waals surface area contributed by atoms with Crippen LogP contribution in [0.5, 0.6) is 0 Å². The van der Waals surface area contributed by atoms with Gasteiger partial charge in [-0.25, -0.2) is 0 Å². The van der Waals surface area contributed by atoms with Gasteiger partial charge in [-0.2, -0.15) is 0 Å². The molecule has 2 heteroatoms. The van der Waals surface area contributed by atoms with Gasteiger partial charge in [0.2, 0.25) is 0 Å². The number of allylic oxidation sites excluding steroid dienone is 2. The van der Waals surface area contributed by atoms with Crippen molar-refractivity contribution in [1.29, 1.82) is 0 Å². The zero-order valence-electron chi connectivity index (χ0n) is 7.09. The summed E-state index contributed by atoms with van der Waals surface area (Å²) in [7, 11) is 0. The first-order valence-electron chi connectivity index (χ1n) is 4.03. The van der Waals surface area contributed by atoms with Crippen molar-refractivity contribution >= 4 is 0 Å². The third-order valence-corrected chi connectivity index (χ3v) is 2.03. The number of aliphatic hydroxyl groups is 1. The standard InChI is InChI=1S/C9H15NO/c1-3-9-7(2)4-5-8(11)6-10-9/h4-5,9-11H,3,6H2,1-2H3. The van der Waals surface area contributed by atoms with E-state index < -0.39 is 0 Å². The summed E-state index contributed by atoms with van der Waals surface area (Å²) in [5.41, 5.74) is 1.29. The second-order valence-corrected chi connectivity index (χ2v) is 2.91. The first-order chi connectivity index (χ1) is 5.24. The van der Waals surface area contributed by atoms with Gasteiger partial charge in [-0.15, -0.1) is 0 Å². The van der Waals surface area contributed by atoms with E-state index in [4.69, 9.17) is 0 Å². The van der Waals surface area contributed by atoms with Crippen molar-refractivity contribution in [3.05, 3.63) is 23.5 Å². The van der Waals surface area contributed by atoms with Crippen LogP contribution in [0.25, 0.3) is 0 Å². The van der Waals surface area contributed by atoms with E-state index in [0.717, 1.165) is 6.42 Å². The van der Waals surface area contributed by atoms with Crippen LogP contribution in [0, 0.1) is 0 Å². The first-order valence-corrected chi connectivity index (χ1v) is 4.03. The number of nitrogens with one attached hydrogen (secondary N) is 1. The van der Waals surface area contributed by atoms with E-state index in [9.17, 15) is 5.11 Å². The molecule has 1 aliphatic rings. The average Bonchev–Trinajstić information content (AvgIpc) is 2.15. The quantitative estimate of drug-likeness (QED) is 0.601. The summed E-state index contributed by atoms with van der Waals surface area (Å²) in [4.78, 5) is 0. The summed E-state index contributed by atoms with van der Waals surface area (Å²) < 4.78 is 0. The predicted octanol–water partition coefficient (Wildman–Crippen LogP) is 1.76. The van der Waals surface area contributed by atoms with Crippen molar-refractivity contribution in [2.75, 3.05) is 6.54 Å². The van der Waals surface area contributed by atoms with Gasteiger partial charge < -0.3 is 10.4 Å². The first kappa shape index (κ1) is 8.34. The third kappa shape index (κ3) is 2.09. The lowest BCUT2D eigenvalue weighted by molar-refractivity contribution is 0.383. The third-order valence-electron chi connectivity index (χ3n) is 2.03. The molecule has 0 fully saturated rings. The van der Waals surface area contributed by atoms with Crippen molar-refractivity contribution in [2.45, 2.75) is 26.3 Å². The van der Waals surface area contributed by atoms with Crippen molar-refractivity contribution < 1.29 is 5.11 Å². The maximum absolute atomic E-state index is 9.17. The Kier molecular flexibility index (Phi) is 2.71. The van der Waals surface area contributed by atoms with Crippen molar-refractivity contribution in [3.8, 4) is 0 Å². The lowest BCUT2D eigenvalue weighted by Gasteiger charge is -2.14. The largest absolute Gasteiger partial charge is 0.511 e. The zero-order chi connectivity index (χ0) is 8.27. The minimum absolute atomic E-state index is 0.417. The van der Waals surface area contributed by atoms with Gasteiger partial charge in [0.25, 0.3) is 0 Å². The van der Waals surface area contributed by atoms with E-state index in [2.05, 4.69) is 19.2 Å². The molecule has 1 heterocycles. The Morgan fingerprint density at radius 1 is 1.64 bits per heavy atom. The highest BCUT2D eigenvalue weighted by molar-refractivity contribution is 5.21. The fourth-order valence-corrected chi connectivity index (χ4v) is 1.26. The van der Waals surface area contributed by atoms with Crippen molar-refractivity contribution in [2.24, 2.45) is 0 Å². The van der Waals surface area contributed by atoms with Gasteiger partial charge in [-0.3, -0.25) is 0 Å². The lowest BCUT2D eigenvalue weighted by atomic mass is 10.1. The SMILES string of the molecule is CCC1NCC(O)=CC=C1C. The van der Waals surface area contributed by atoms with Crippen molar-refractivity contribution in [1.82, 2.24) is 5.32 Å². The maximum atomic E-state index is 9.17. The molecule has 2 nitrogen and oxygen atoms in total. The minimum atomic E-state index is 0.417. The average molecular weight is 153 g/mol. The minimum Gasteiger partial charge on any atom is -0.511 e. The van der Waals surface area contributed by atoms with Gasteiger partial charge >= 0.3 is 0 Å². The molecular formula is C9H15NO. The normalized spacial score (nSPS) is 25.5. The van der Waals surface area contributed by atoms with Crippen LogP contribution in [0.3, 0.4) is 0 Å². The summed E-state index contributed by atoms with van der Waals surface area (Å²) in [5.74, 6) is 0.417. The summed E-state index contributed by atoms with van der Waals surface area (Å²) in [5, 5.41) is 12.4. The molecule has 2 N–H and O–H groups in total. The Morgan fingerprint density at radius 3 is 3.00 bits per heavy atom. The van der Waals surface area contributed by atoms with Crippen LogP contribution in [-0.2, 0) is 0 Å². The molecule has 11 heavy (non-hydrogen) atoms. The van der Waals surface area contributed by atoms with Gasteiger partial charge in [0, 0.05) is 6.04 Å². The summed E-state index contributed by atoms with van der Waals surface area (Å²) in [6.07, 6.45) is 4.81. The highest BCUT2D eigenvalue weighted by Crippen LogP contribution is 2.09. The Balaban J connectivity index is 2.67. The van der Waals surface area contributed by atoms with Gasteiger partial charge in [0.15, 0.2) is 0 Å². The number of aliphatic hydroxyl groups excluding tert-OH is 1. The molecule has 1 unspecified atom stereocenters. The molecule has 0 aromatic rings. The molecule has 0 aliphatic carbocycles. The number of hydrogen-bond acceptors (Lipinski definition) is 2. The van der Waals surface area contributed by atoms with Crippen LogP contribution < -0.4 is 5.32 Å². The van der Waals surface area contributed by atoms with Crippen LogP contribution in [0.1, 0.15) is 20.3 Å². The molecule has 62 valence electrons. The molecule has 1 rings (SSSR count). The van der Waals surface area contributed by atoms with E-state index in [1.807, 2.05) is 6.08 Å². The molecule has 1 aliphatic heterocycles. The molecular weight excluding hydrogens is 138 g/mol. The second kappa shape index (κ2) is 3.58. The monoisotopic (exact) mass is 153 g/mol. The van der Waals surface area contributed by atoms with Gasteiger partial charge in [0.1, 0.15) is 5.76 Å². The summed E-state index contributed by atoms with van der Waals surface area (Å²) >= 11 is 0. The second-order valence-electron chi connectivity index (χ2n) is 2.91. The number of hydrogen-bond donors (Lipinski definition) is 2. The van der Waals surface area contributed by atoms with Crippen molar-refractivity contribution in [3.63, 3.8) is 0 Å².